The third-order valence-electron chi connectivity index (χ3n) is 9.77. The minimum Gasteiger partial charge on any atom is -0.407 e. The highest BCUT2D eigenvalue weighted by Gasteiger charge is 2.50. The summed E-state index contributed by atoms with van der Waals surface area (Å²) in [5, 5.41) is 14.2. The van der Waals surface area contributed by atoms with Crippen molar-refractivity contribution in [2.24, 2.45) is 23.7 Å². The van der Waals surface area contributed by atoms with Crippen LogP contribution in [0.2, 0.25) is 5.04 Å². The van der Waals surface area contributed by atoms with Gasteiger partial charge in [-0.05, 0) is 78.6 Å². The summed E-state index contributed by atoms with van der Waals surface area (Å²) in [6, 6.07) is 21.6. The van der Waals surface area contributed by atoms with Gasteiger partial charge in [0, 0.05) is 39.1 Å². The summed E-state index contributed by atoms with van der Waals surface area (Å²) in [5.74, 6) is 1.18. The number of carbonyl (C=O) groups is 2. The first-order valence-electron chi connectivity index (χ1n) is 16.5. The zero-order chi connectivity index (χ0) is 33.0. The monoisotopic (exact) mass is 640 g/mol. The van der Waals surface area contributed by atoms with Crippen LogP contribution in [0.15, 0.2) is 60.7 Å². The van der Waals surface area contributed by atoms with E-state index in [9.17, 15) is 9.59 Å². The van der Waals surface area contributed by atoms with Crippen molar-refractivity contribution in [2.45, 2.75) is 77.2 Å². The molecular formula is C36H56N2O6Si. The second-order valence-corrected chi connectivity index (χ2v) is 17.9. The molecule has 45 heavy (non-hydrogen) atoms. The lowest BCUT2D eigenvalue weighted by Crippen LogP contribution is -2.67. The van der Waals surface area contributed by atoms with Crippen LogP contribution >= 0.6 is 0 Å². The van der Waals surface area contributed by atoms with E-state index in [4.69, 9.17) is 19.2 Å². The molecule has 0 saturated heterocycles. The average molecular weight is 641 g/mol. The van der Waals surface area contributed by atoms with Gasteiger partial charge in [0.1, 0.15) is 0 Å². The second-order valence-electron chi connectivity index (χ2n) is 13.6. The van der Waals surface area contributed by atoms with Crippen LogP contribution in [-0.4, -0.2) is 76.9 Å². The molecule has 1 N–H and O–H groups in total. The van der Waals surface area contributed by atoms with Crippen LogP contribution in [0.1, 0.15) is 72.1 Å². The van der Waals surface area contributed by atoms with Crippen LogP contribution in [0.25, 0.3) is 0 Å². The van der Waals surface area contributed by atoms with E-state index in [1.165, 1.54) is 27.6 Å². The van der Waals surface area contributed by atoms with Crippen molar-refractivity contribution in [1.82, 2.24) is 10.1 Å². The highest BCUT2D eigenvalue weighted by Crippen LogP contribution is 2.38. The van der Waals surface area contributed by atoms with Gasteiger partial charge < -0.3 is 9.53 Å². The highest BCUT2D eigenvalue weighted by atomic mass is 28.4. The molecule has 4 rings (SSSR count). The molecule has 8 nitrogen and oxygen atoms in total. The number of hydroxylamine groups is 4. The predicted octanol–water partition coefficient (Wildman–Crippen LogP) is 5.19. The Labute approximate surface area is 272 Å². The average Bonchev–Trinajstić information content (AvgIpc) is 3.08. The van der Waals surface area contributed by atoms with Crippen LogP contribution in [0.4, 0.5) is 0 Å². The first kappa shape index (κ1) is 36.9. The van der Waals surface area contributed by atoms with Crippen molar-refractivity contribution >= 4 is 30.5 Å². The number of carbonyl (C=O) groups excluding carboxylic acids is 2. The molecule has 0 spiro atoms. The van der Waals surface area contributed by atoms with Crippen LogP contribution in [0.3, 0.4) is 0 Å². The Hall–Kier alpha value is -2.56. The zero-order valence-electron chi connectivity index (χ0n) is 28.5. The van der Waals surface area contributed by atoms with Crippen molar-refractivity contribution in [3.8, 4) is 0 Å². The first-order chi connectivity index (χ1) is 21.5. The van der Waals surface area contributed by atoms with E-state index in [2.05, 4.69) is 81.4 Å². The summed E-state index contributed by atoms with van der Waals surface area (Å²) in [6.45, 7) is 7.94. The van der Waals surface area contributed by atoms with Gasteiger partial charge in [-0.3, -0.25) is 19.3 Å². The van der Waals surface area contributed by atoms with E-state index < -0.39 is 8.32 Å². The van der Waals surface area contributed by atoms with Crippen molar-refractivity contribution < 1.29 is 28.8 Å². The van der Waals surface area contributed by atoms with E-state index in [-0.39, 0.29) is 35.3 Å². The quantitative estimate of drug-likeness (QED) is 0.284. The minimum absolute atomic E-state index is 0.00987. The van der Waals surface area contributed by atoms with Gasteiger partial charge in [-0.2, -0.15) is 0 Å². The zero-order valence-corrected chi connectivity index (χ0v) is 29.5. The number of hydrogen-bond acceptors (Lipinski definition) is 6. The van der Waals surface area contributed by atoms with Crippen molar-refractivity contribution in [3.63, 3.8) is 0 Å². The summed E-state index contributed by atoms with van der Waals surface area (Å²) in [5.41, 5.74) is 0. The molecule has 9 heteroatoms. The number of aliphatic hydroxyl groups excluding tert-OH is 1. The minimum atomic E-state index is -2.49. The molecule has 2 aliphatic rings. The number of benzene rings is 2. The van der Waals surface area contributed by atoms with Crippen LogP contribution < -0.4 is 10.4 Å². The summed E-state index contributed by atoms with van der Waals surface area (Å²) >= 11 is 0. The molecule has 0 unspecified atom stereocenters. The smallest absolute Gasteiger partial charge is 0.261 e. The van der Waals surface area contributed by atoms with Crippen LogP contribution in [-0.2, 0) is 23.7 Å². The van der Waals surface area contributed by atoms with Crippen LogP contribution in [0, 0.1) is 23.7 Å². The van der Waals surface area contributed by atoms with E-state index in [1.807, 2.05) is 0 Å². The lowest BCUT2D eigenvalue weighted by molar-refractivity contribution is -0.175. The molecule has 2 fully saturated rings. The summed E-state index contributed by atoms with van der Waals surface area (Å²) in [4.78, 5) is 34.0. The Balaban J connectivity index is 0.000000330. The Kier molecular flexibility index (Phi) is 14.3. The molecular weight excluding hydrogens is 584 g/mol. The summed E-state index contributed by atoms with van der Waals surface area (Å²) in [7, 11) is 3.88. The fourth-order valence-corrected chi connectivity index (χ4v) is 11.5. The molecule has 0 radical (unpaired) electrons. The fourth-order valence-electron chi connectivity index (χ4n) is 6.87. The van der Waals surface area contributed by atoms with E-state index >= 15 is 0 Å². The van der Waals surface area contributed by atoms with Crippen molar-refractivity contribution in [2.75, 3.05) is 41.5 Å². The van der Waals surface area contributed by atoms with Gasteiger partial charge in [0.15, 0.2) is 0 Å². The van der Waals surface area contributed by atoms with Crippen molar-refractivity contribution in [3.05, 3.63) is 60.7 Å². The molecule has 2 aliphatic carbocycles. The van der Waals surface area contributed by atoms with E-state index in [1.54, 1.807) is 21.2 Å². The molecule has 0 aromatic heterocycles. The largest absolute Gasteiger partial charge is 0.407 e. The number of nitrogens with zero attached hydrogens (tertiary/aromatic N) is 2. The Morgan fingerprint density at radius 3 is 1.42 bits per heavy atom. The van der Waals surface area contributed by atoms with Gasteiger partial charge in [0.25, 0.3) is 8.32 Å². The van der Waals surface area contributed by atoms with Gasteiger partial charge in [0.2, 0.25) is 11.8 Å². The Morgan fingerprint density at radius 1 is 0.711 bits per heavy atom. The maximum Gasteiger partial charge on any atom is 0.261 e. The molecule has 2 aromatic rings. The third-order valence-corrected chi connectivity index (χ3v) is 14.8. The molecule has 0 aliphatic heterocycles. The fraction of sp³-hybridized carbons (Fsp3) is 0.611. The highest BCUT2D eigenvalue weighted by molar-refractivity contribution is 6.99. The van der Waals surface area contributed by atoms with Gasteiger partial charge in [0.05, 0.1) is 14.2 Å². The van der Waals surface area contributed by atoms with E-state index in [0.717, 1.165) is 58.0 Å². The Bertz CT molecular complexity index is 1120. The SMILES string of the molecule is CON(C)C(=O)C1CCC(CO)CC1.CON(C)C(=O)C1CCC(CO[Si](c2ccccc2)(c2ccccc2)C(C)(C)C)CC1. The molecule has 0 heterocycles. The van der Waals surface area contributed by atoms with Crippen LogP contribution in [0.5, 0.6) is 0 Å². The number of hydrogen-bond donors (Lipinski definition) is 1. The maximum absolute atomic E-state index is 12.4. The Morgan fingerprint density at radius 2 is 1.09 bits per heavy atom. The van der Waals surface area contributed by atoms with Gasteiger partial charge >= 0.3 is 0 Å². The molecule has 0 atom stereocenters. The maximum atomic E-state index is 12.4. The lowest BCUT2D eigenvalue weighted by Gasteiger charge is -2.44. The van der Waals surface area contributed by atoms with E-state index in [0.29, 0.717) is 11.8 Å². The number of rotatable bonds is 10. The molecule has 2 saturated carbocycles. The van der Waals surface area contributed by atoms with Gasteiger partial charge in [-0.1, -0.05) is 81.4 Å². The van der Waals surface area contributed by atoms with Crippen molar-refractivity contribution in [1.29, 1.82) is 0 Å². The predicted molar refractivity (Wildman–Crippen MR) is 181 cm³/mol. The number of aliphatic hydroxyl groups is 1. The lowest BCUT2D eigenvalue weighted by atomic mass is 9.82. The molecule has 2 aromatic carbocycles. The molecule has 250 valence electrons. The van der Waals surface area contributed by atoms with Gasteiger partial charge in [-0.15, -0.1) is 0 Å². The molecule has 2 amide bonds. The topological polar surface area (TPSA) is 88.5 Å². The second kappa shape index (κ2) is 17.4. The third kappa shape index (κ3) is 9.48. The normalized spacial score (nSPS) is 22.1. The number of amides is 2. The standard InChI is InChI=1S/C26H37NO3Si.C10H19NO3/c1-26(2,3)31(23-12-8-6-9-13-23,24-14-10-7-11-15-24)30-20-21-16-18-22(19-17-21)25(28)27(4)29-5;1-11(14-2)10(13)9-5-3-8(7-12)4-6-9/h6-15,21-22H,16-20H2,1-5H3;8-9,12H,3-7H2,1-2H3. The molecule has 0 bridgehead atoms. The summed E-state index contributed by atoms with van der Waals surface area (Å²) in [6.07, 6.45) is 7.49. The summed E-state index contributed by atoms with van der Waals surface area (Å²) < 4.78 is 7.09. The van der Waals surface area contributed by atoms with Gasteiger partial charge in [-0.25, -0.2) is 10.1 Å². The first-order valence-corrected chi connectivity index (χ1v) is 18.4.